The molecule has 0 aliphatic carbocycles. The van der Waals surface area contributed by atoms with E-state index in [1.165, 1.54) is 0 Å². The summed E-state index contributed by atoms with van der Waals surface area (Å²) in [6.45, 7) is 0. The van der Waals surface area contributed by atoms with Gasteiger partial charge in [0, 0.05) is 16.2 Å². The lowest BCUT2D eigenvalue weighted by Gasteiger charge is -2.19. The van der Waals surface area contributed by atoms with Crippen LogP contribution in [0.5, 0.6) is 0 Å². The van der Waals surface area contributed by atoms with Crippen LogP contribution in [-0.4, -0.2) is 0 Å². The van der Waals surface area contributed by atoms with Crippen LogP contribution in [0.3, 0.4) is 0 Å². The molecular weight excluding hydrogens is 593 g/mol. The average molecular weight is 628 g/mol. The summed E-state index contributed by atoms with van der Waals surface area (Å²) >= 11 is 0. The zero-order chi connectivity index (χ0) is 36.7. The first kappa shape index (κ1) is 23.0. The van der Waals surface area contributed by atoms with Gasteiger partial charge < -0.3 is 4.42 Å². The van der Waals surface area contributed by atoms with E-state index in [4.69, 9.17) is 11.3 Å². The molecule has 10 aromatic rings. The summed E-state index contributed by atoms with van der Waals surface area (Å²) < 4.78 is 49.3. The van der Waals surface area contributed by atoms with Gasteiger partial charge in [-0.05, 0) is 108 Å². The molecule has 0 atom stereocenters. The quantitative estimate of drug-likeness (QED) is 0.177. The molecule has 1 aromatic heterocycles. The number of fused-ring (bicyclic) bond motifs is 7. The Bertz CT molecular complexity index is 3080. The van der Waals surface area contributed by atoms with Gasteiger partial charge in [0.15, 0.2) is 0 Å². The minimum Gasteiger partial charge on any atom is -0.455 e. The topological polar surface area (TPSA) is 13.1 Å². The van der Waals surface area contributed by atoms with Gasteiger partial charge in [-0.25, -0.2) is 0 Å². The smallest absolute Gasteiger partial charge is 0.143 e. The predicted octanol–water partition coefficient (Wildman–Crippen LogP) is 13.7. The highest BCUT2D eigenvalue weighted by molar-refractivity contribution is 6.23. The first-order valence-corrected chi connectivity index (χ1v) is 16.4. The van der Waals surface area contributed by atoms with Gasteiger partial charge in [-0.3, -0.25) is 0 Å². The van der Waals surface area contributed by atoms with Crippen molar-refractivity contribution in [2.24, 2.45) is 0 Å². The molecule has 0 amide bonds. The predicted molar refractivity (Wildman–Crippen MR) is 208 cm³/mol. The Hall–Kier alpha value is -6.44. The first-order chi connectivity index (χ1) is 26.4. The molecule has 9 aromatic carbocycles. The van der Waals surface area contributed by atoms with Gasteiger partial charge >= 0.3 is 0 Å². The lowest BCUT2D eigenvalue weighted by molar-refractivity contribution is 0.672. The van der Waals surface area contributed by atoms with Crippen LogP contribution in [-0.2, 0) is 0 Å². The Kier molecular flexibility index (Phi) is 5.20. The third-order valence-electron chi connectivity index (χ3n) is 9.70. The molecule has 0 aliphatic heterocycles. The summed E-state index contributed by atoms with van der Waals surface area (Å²) in [6, 6.07) is 50.5. The fourth-order valence-corrected chi connectivity index (χ4v) is 7.52. The second kappa shape index (κ2) is 11.1. The maximum Gasteiger partial charge on any atom is 0.143 e. The summed E-state index contributed by atoms with van der Waals surface area (Å²) in [4.78, 5) is 0. The van der Waals surface area contributed by atoms with E-state index in [1.54, 1.807) is 0 Å². The molecule has 228 valence electrons. The molecule has 0 spiro atoms. The fourth-order valence-electron chi connectivity index (χ4n) is 7.52. The Balaban J connectivity index is 1.27. The fraction of sp³-hybridized carbons (Fsp3) is 0. The Morgan fingerprint density at radius 2 is 0.918 bits per heavy atom. The average Bonchev–Trinajstić information content (AvgIpc) is 3.60. The molecule has 0 fully saturated rings. The molecule has 0 saturated heterocycles. The number of furan rings is 1. The summed E-state index contributed by atoms with van der Waals surface area (Å²) in [5.74, 6) is 0. The highest BCUT2D eigenvalue weighted by Crippen LogP contribution is 2.46. The molecule has 0 N–H and O–H groups in total. The van der Waals surface area contributed by atoms with Gasteiger partial charge in [0.1, 0.15) is 11.2 Å². The van der Waals surface area contributed by atoms with Crippen LogP contribution in [0.2, 0.25) is 0 Å². The maximum atomic E-state index is 8.87. The van der Waals surface area contributed by atoms with E-state index in [1.807, 2.05) is 54.6 Å². The Labute approximate surface area is 291 Å². The van der Waals surface area contributed by atoms with Crippen molar-refractivity contribution in [2.45, 2.75) is 0 Å². The molecule has 1 heteroatoms. The molecule has 1 nitrogen and oxygen atoms in total. The van der Waals surface area contributed by atoms with Crippen LogP contribution in [0.15, 0.2) is 186 Å². The number of benzene rings is 9. The van der Waals surface area contributed by atoms with Crippen LogP contribution in [0.1, 0.15) is 6.85 Å². The Morgan fingerprint density at radius 1 is 0.347 bits per heavy atom. The van der Waals surface area contributed by atoms with E-state index in [2.05, 4.69) is 97.1 Å². The molecule has 1 heterocycles. The molecule has 0 bridgehead atoms. The van der Waals surface area contributed by atoms with E-state index < -0.39 is 6.04 Å². The van der Waals surface area contributed by atoms with Crippen LogP contribution >= 0.6 is 0 Å². The van der Waals surface area contributed by atoms with Crippen molar-refractivity contribution < 1.29 is 11.3 Å². The van der Waals surface area contributed by atoms with Gasteiger partial charge in [-0.2, -0.15) is 0 Å². The second-order valence-electron chi connectivity index (χ2n) is 12.5. The zero-order valence-electron chi connectivity index (χ0n) is 31.3. The van der Waals surface area contributed by atoms with Gasteiger partial charge in [-0.15, -0.1) is 0 Å². The highest BCUT2D eigenvalue weighted by atomic mass is 16.3. The van der Waals surface area contributed by atoms with Crippen LogP contribution < -0.4 is 0 Å². The molecule has 0 aliphatic rings. The van der Waals surface area contributed by atoms with Crippen molar-refractivity contribution in [2.75, 3.05) is 0 Å². The minimum atomic E-state index is -0.407. The van der Waals surface area contributed by atoms with Gasteiger partial charge in [0.2, 0.25) is 0 Å². The third-order valence-corrected chi connectivity index (χ3v) is 9.70. The SMILES string of the molecule is [2H]c1c([2H])c([2H])c(-c2cc(-c3ccccc3)cc(-c3c4ccccc4c(-c4ccc5oc6c7ccccc7ccc6c5c4)c4ccccc34)c2)c([2H])c1[2H]. The van der Waals surface area contributed by atoms with Gasteiger partial charge in [-0.1, -0.05) is 145 Å². The van der Waals surface area contributed by atoms with Crippen molar-refractivity contribution in [3.05, 3.63) is 182 Å². The van der Waals surface area contributed by atoms with Crippen LogP contribution in [0.25, 0.3) is 98.8 Å². The van der Waals surface area contributed by atoms with Gasteiger partial charge in [0.25, 0.3) is 0 Å². The first-order valence-electron chi connectivity index (χ1n) is 18.9. The van der Waals surface area contributed by atoms with E-state index >= 15 is 0 Å². The molecular formula is C48H30O. The lowest BCUT2D eigenvalue weighted by atomic mass is 9.84. The molecule has 49 heavy (non-hydrogen) atoms. The van der Waals surface area contributed by atoms with Crippen LogP contribution in [0, 0.1) is 0 Å². The largest absolute Gasteiger partial charge is 0.455 e. The summed E-state index contributed by atoms with van der Waals surface area (Å²) in [5.41, 5.74) is 8.42. The number of rotatable bonds is 4. The standard InChI is InChI=1S/C48H30O/c1-3-13-31(14-4-1)35-27-36(32-15-5-2-6-16-32)29-37(28-35)47-41-21-11-9-19-39(41)46(40-20-10-12-22-42(40)47)34-24-26-45-44(30-34)43-25-23-33-17-7-8-18-38(33)48(43)49-45/h1-30H/i1D,3D,4D,13D,14D. The molecule has 10 rings (SSSR count). The minimum absolute atomic E-state index is 0.179. The van der Waals surface area contributed by atoms with E-state index in [0.717, 1.165) is 87.6 Å². The van der Waals surface area contributed by atoms with Crippen molar-refractivity contribution in [1.29, 1.82) is 0 Å². The van der Waals surface area contributed by atoms with Crippen molar-refractivity contribution in [3.63, 3.8) is 0 Å². The van der Waals surface area contributed by atoms with Gasteiger partial charge in [0.05, 0.1) is 6.85 Å². The van der Waals surface area contributed by atoms with Crippen LogP contribution in [0.4, 0.5) is 0 Å². The second-order valence-corrected chi connectivity index (χ2v) is 12.5. The summed E-state index contributed by atoms with van der Waals surface area (Å²) in [7, 11) is 0. The van der Waals surface area contributed by atoms with E-state index in [0.29, 0.717) is 5.56 Å². The summed E-state index contributed by atoms with van der Waals surface area (Å²) in [6.07, 6.45) is 0. The number of hydrogen-bond donors (Lipinski definition) is 0. The van der Waals surface area contributed by atoms with Crippen molar-refractivity contribution in [3.8, 4) is 44.5 Å². The Morgan fingerprint density at radius 3 is 1.61 bits per heavy atom. The zero-order valence-corrected chi connectivity index (χ0v) is 26.3. The summed E-state index contributed by atoms with van der Waals surface area (Å²) in [5, 5.41) is 8.63. The molecule has 0 unspecified atom stereocenters. The van der Waals surface area contributed by atoms with E-state index in [-0.39, 0.29) is 29.7 Å². The third kappa shape index (κ3) is 4.47. The number of hydrogen-bond acceptors (Lipinski definition) is 1. The normalized spacial score (nSPS) is 13.1. The molecule has 0 saturated carbocycles. The van der Waals surface area contributed by atoms with Crippen molar-refractivity contribution >= 4 is 54.3 Å². The maximum absolute atomic E-state index is 8.87. The lowest BCUT2D eigenvalue weighted by Crippen LogP contribution is -1.92. The van der Waals surface area contributed by atoms with Crippen molar-refractivity contribution in [1.82, 2.24) is 0 Å². The van der Waals surface area contributed by atoms with E-state index in [9.17, 15) is 0 Å². The molecule has 0 radical (unpaired) electrons. The highest BCUT2D eigenvalue weighted by Gasteiger charge is 2.19. The monoisotopic (exact) mass is 627 g/mol.